The lowest BCUT2D eigenvalue weighted by Gasteiger charge is -2.41. The lowest BCUT2D eigenvalue weighted by Crippen LogP contribution is -2.52. The lowest BCUT2D eigenvalue weighted by molar-refractivity contribution is -0.155. The van der Waals surface area contributed by atoms with Crippen molar-refractivity contribution < 1.29 is 23.4 Å². The average molecular weight is 454 g/mol. The number of aryl methyl sites for hydroxylation is 1. The van der Waals surface area contributed by atoms with E-state index in [0.717, 1.165) is 16.3 Å². The molecule has 1 aliphatic heterocycles. The van der Waals surface area contributed by atoms with E-state index in [2.05, 4.69) is 0 Å². The number of aliphatic carboxylic acids is 1. The standard InChI is InChI=1S/C25H27NO5S/c27-24(28)23(13-10-19-6-2-1-3-7-19)25(29)14-16-26(17-15-25)32(30,31)22-12-11-20-8-4-5-9-21(20)18-22/h1-9,11-12,18,23,29H,10,13-17H2,(H,27,28). The zero-order valence-corrected chi connectivity index (χ0v) is 18.5. The number of carboxylic acids is 1. The van der Waals surface area contributed by atoms with Crippen LogP contribution < -0.4 is 0 Å². The van der Waals surface area contributed by atoms with E-state index in [9.17, 15) is 23.4 Å². The van der Waals surface area contributed by atoms with Crippen molar-refractivity contribution in [3.8, 4) is 0 Å². The van der Waals surface area contributed by atoms with Crippen LogP contribution in [0.15, 0.2) is 77.7 Å². The molecule has 0 amide bonds. The zero-order chi connectivity index (χ0) is 22.8. The SMILES string of the molecule is O=C(O)C(CCc1ccccc1)C1(O)CCN(S(=O)(=O)c2ccc3ccccc3c2)CC1. The minimum Gasteiger partial charge on any atom is -0.481 e. The van der Waals surface area contributed by atoms with Crippen LogP contribution in [0.4, 0.5) is 0 Å². The van der Waals surface area contributed by atoms with E-state index in [1.165, 1.54) is 4.31 Å². The van der Waals surface area contributed by atoms with Crippen LogP contribution in [-0.4, -0.2) is 47.6 Å². The molecule has 1 saturated heterocycles. The third-order valence-electron chi connectivity index (χ3n) is 6.46. The Morgan fingerprint density at radius 3 is 2.22 bits per heavy atom. The topological polar surface area (TPSA) is 94.9 Å². The van der Waals surface area contributed by atoms with E-state index in [0.29, 0.717) is 12.8 Å². The minimum atomic E-state index is -3.73. The number of fused-ring (bicyclic) bond motifs is 1. The summed E-state index contributed by atoms with van der Waals surface area (Å²) in [5.74, 6) is -2.00. The van der Waals surface area contributed by atoms with Gasteiger partial charge >= 0.3 is 5.97 Å². The van der Waals surface area contributed by atoms with Gasteiger partial charge in [0.15, 0.2) is 0 Å². The Labute approximate surface area is 188 Å². The molecular weight excluding hydrogens is 426 g/mol. The predicted molar refractivity (Wildman–Crippen MR) is 123 cm³/mol. The van der Waals surface area contributed by atoms with Crippen LogP contribution in [0.2, 0.25) is 0 Å². The number of sulfonamides is 1. The molecule has 3 aromatic rings. The quantitative estimate of drug-likeness (QED) is 0.569. The summed E-state index contributed by atoms with van der Waals surface area (Å²) in [6, 6.07) is 22.2. The lowest BCUT2D eigenvalue weighted by atomic mass is 9.77. The molecule has 0 saturated carbocycles. The molecule has 0 aliphatic carbocycles. The van der Waals surface area contributed by atoms with Gasteiger partial charge in [-0.2, -0.15) is 4.31 Å². The monoisotopic (exact) mass is 453 g/mol. The van der Waals surface area contributed by atoms with Crippen molar-refractivity contribution in [1.29, 1.82) is 0 Å². The van der Waals surface area contributed by atoms with Crippen molar-refractivity contribution in [3.05, 3.63) is 78.4 Å². The fourth-order valence-corrected chi connectivity index (χ4v) is 5.99. The summed E-state index contributed by atoms with van der Waals surface area (Å²) in [5, 5.41) is 22.8. The minimum absolute atomic E-state index is 0.0841. The first-order valence-corrected chi connectivity index (χ1v) is 12.2. The van der Waals surface area contributed by atoms with E-state index in [1.54, 1.807) is 18.2 Å². The maximum Gasteiger partial charge on any atom is 0.309 e. The van der Waals surface area contributed by atoms with Gasteiger partial charge in [0.2, 0.25) is 10.0 Å². The Kier molecular flexibility index (Phi) is 6.33. The highest BCUT2D eigenvalue weighted by Crippen LogP contribution is 2.35. The molecule has 168 valence electrons. The second-order valence-corrected chi connectivity index (χ2v) is 10.4. The number of carboxylic acid groups (broad SMARTS) is 1. The maximum absolute atomic E-state index is 13.2. The summed E-state index contributed by atoms with van der Waals surface area (Å²) in [6.45, 7) is 0.168. The van der Waals surface area contributed by atoms with E-state index in [4.69, 9.17) is 0 Å². The van der Waals surface area contributed by atoms with Crippen LogP contribution in [0.3, 0.4) is 0 Å². The average Bonchev–Trinajstić information content (AvgIpc) is 2.79. The molecule has 1 unspecified atom stereocenters. The molecular formula is C25H27NO5S. The molecule has 1 heterocycles. The molecule has 2 N–H and O–H groups in total. The summed E-state index contributed by atoms with van der Waals surface area (Å²) in [7, 11) is -3.73. The zero-order valence-electron chi connectivity index (χ0n) is 17.7. The summed E-state index contributed by atoms with van der Waals surface area (Å²) in [5.41, 5.74) is -0.422. The molecule has 4 rings (SSSR count). The van der Waals surface area contributed by atoms with Crippen LogP contribution in [0, 0.1) is 5.92 Å². The summed E-state index contributed by atoms with van der Waals surface area (Å²) >= 11 is 0. The Balaban J connectivity index is 1.47. The van der Waals surface area contributed by atoms with Gasteiger partial charge in [0.05, 0.1) is 16.4 Å². The van der Waals surface area contributed by atoms with E-state index in [1.807, 2.05) is 54.6 Å². The van der Waals surface area contributed by atoms with Gasteiger partial charge in [-0.3, -0.25) is 4.79 Å². The van der Waals surface area contributed by atoms with Gasteiger partial charge in [-0.25, -0.2) is 8.42 Å². The Morgan fingerprint density at radius 2 is 1.56 bits per heavy atom. The second kappa shape index (κ2) is 9.02. The van der Waals surface area contributed by atoms with Gasteiger partial charge in [0.1, 0.15) is 0 Å². The van der Waals surface area contributed by atoms with Crippen LogP contribution in [0.1, 0.15) is 24.8 Å². The molecule has 32 heavy (non-hydrogen) atoms. The van der Waals surface area contributed by atoms with Crippen LogP contribution in [-0.2, 0) is 21.2 Å². The molecule has 3 aromatic carbocycles. The van der Waals surface area contributed by atoms with Gasteiger partial charge in [-0.15, -0.1) is 0 Å². The number of piperidine rings is 1. The number of carbonyl (C=O) groups is 1. The Hall–Kier alpha value is -2.74. The Bertz CT molecular complexity index is 1200. The molecule has 7 heteroatoms. The van der Waals surface area contributed by atoms with Crippen molar-refractivity contribution in [2.45, 2.75) is 36.2 Å². The molecule has 0 spiro atoms. The number of benzene rings is 3. The fraction of sp³-hybridized carbons (Fsp3) is 0.320. The molecule has 0 aromatic heterocycles. The smallest absolute Gasteiger partial charge is 0.309 e. The van der Waals surface area contributed by atoms with Crippen molar-refractivity contribution in [2.24, 2.45) is 5.92 Å². The highest BCUT2D eigenvalue weighted by atomic mass is 32.2. The highest BCUT2D eigenvalue weighted by molar-refractivity contribution is 7.89. The number of rotatable bonds is 7. The number of hydrogen-bond acceptors (Lipinski definition) is 4. The highest BCUT2D eigenvalue weighted by Gasteiger charge is 2.45. The van der Waals surface area contributed by atoms with Gasteiger partial charge in [-0.05, 0) is 54.2 Å². The first kappa shape index (κ1) is 22.5. The van der Waals surface area contributed by atoms with Gasteiger partial charge in [0.25, 0.3) is 0 Å². The van der Waals surface area contributed by atoms with Gasteiger partial charge < -0.3 is 10.2 Å². The first-order valence-electron chi connectivity index (χ1n) is 10.8. The summed E-state index contributed by atoms with van der Waals surface area (Å²) < 4.78 is 27.7. The van der Waals surface area contributed by atoms with E-state index >= 15 is 0 Å². The van der Waals surface area contributed by atoms with Crippen molar-refractivity contribution in [2.75, 3.05) is 13.1 Å². The second-order valence-electron chi connectivity index (χ2n) is 8.43. The molecule has 0 radical (unpaired) electrons. The van der Waals surface area contributed by atoms with Crippen molar-refractivity contribution >= 4 is 26.8 Å². The van der Waals surface area contributed by atoms with Gasteiger partial charge in [0, 0.05) is 13.1 Å². The Morgan fingerprint density at radius 1 is 0.938 bits per heavy atom. The molecule has 1 aliphatic rings. The summed E-state index contributed by atoms with van der Waals surface area (Å²) in [6.07, 6.45) is 1.02. The van der Waals surface area contributed by atoms with Crippen LogP contribution in [0.5, 0.6) is 0 Å². The van der Waals surface area contributed by atoms with Crippen LogP contribution >= 0.6 is 0 Å². The number of nitrogens with zero attached hydrogens (tertiary/aromatic N) is 1. The largest absolute Gasteiger partial charge is 0.481 e. The third kappa shape index (κ3) is 4.55. The summed E-state index contributed by atoms with van der Waals surface area (Å²) in [4.78, 5) is 12.2. The normalized spacial score (nSPS) is 17.8. The number of hydrogen-bond donors (Lipinski definition) is 2. The molecule has 0 bridgehead atoms. The molecule has 1 atom stereocenters. The molecule has 6 nitrogen and oxygen atoms in total. The first-order chi connectivity index (χ1) is 15.3. The molecule has 1 fully saturated rings. The maximum atomic E-state index is 13.2. The van der Waals surface area contributed by atoms with E-state index < -0.39 is 27.5 Å². The van der Waals surface area contributed by atoms with Gasteiger partial charge in [-0.1, -0.05) is 60.7 Å². The van der Waals surface area contributed by atoms with Crippen LogP contribution in [0.25, 0.3) is 10.8 Å². The number of aliphatic hydroxyl groups is 1. The van der Waals surface area contributed by atoms with E-state index in [-0.39, 0.29) is 30.8 Å². The predicted octanol–water partition coefficient (Wildman–Crippen LogP) is 3.69. The van der Waals surface area contributed by atoms with Crippen molar-refractivity contribution in [3.63, 3.8) is 0 Å². The fourth-order valence-electron chi connectivity index (χ4n) is 4.52. The third-order valence-corrected chi connectivity index (χ3v) is 8.35. The van der Waals surface area contributed by atoms with Crippen molar-refractivity contribution in [1.82, 2.24) is 4.31 Å².